The Hall–Kier alpha value is -1.02. The second-order valence-corrected chi connectivity index (χ2v) is 6.54. The van der Waals surface area contributed by atoms with Gasteiger partial charge in [-0.1, -0.05) is 59.6 Å². The van der Waals surface area contributed by atoms with Crippen molar-refractivity contribution in [2.45, 2.75) is 31.8 Å². The SMILES string of the molecule is OC(Cc1cccc(Cl)c1Cl)C1CCc2ccccc2C1. The van der Waals surface area contributed by atoms with Gasteiger partial charge in [-0.05, 0) is 47.9 Å². The molecular weight excluding hydrogens is 303 g/mol. The topological polar surface area (TPSA) is 20.2 Å². The summed E-state index contributed by atoms with van der Waals surface area (Å²) in [6, 6.07) is 14.1. The zero-order chi connectivity index (χ0) is 14.8. The summed E-state index contributed by atoms with van der Waals surface area (Å²) in [5.74, 6) is 0.287. The molecule has 3 rings (SSSR count). The van der Waals surface area contributed by atoms with Crippen molar-refractivity contribution >= 4 is 23.2 Å². The van der Waals surface area contributed by atoms with Gasteiger partial charge in [0.05, 0.1) is 16.1 Å². The monoisotopic (exact) mass is 320 g/mol. The second kappa shape index (κ2) is 6.39. The van der Waals surface area contributed by atoms with E-state index in [9.17, 15) is 5.11 Å². The molecule has 0 aliphatic heterocycles. The van der Waals surface area contributed by atoms with Crippen LogP contribution in [0.4, 0.5) is 0 Å². The van der Waals surface area contributed by atoms with Gasteiger partial charge < -0.3 is 5.11 Å². The maximum Gasteiger partial charge on any atom is 0.0625 e. The number of benzene rings is 2. The van der Waals surface area contributed by atoms with Gasteiger partial charge in [0.2, 0.25) is 0 Å². The van der Waals surface area contributed by atoms with Crippen LogP contribution in [-0.2, 0) is 19.3 Å². The lowest BCUT2D eigenvalue weighted by Crippen LogP contribution is -2.28. The Morgan fingerprint density at radius 1 is 1.05 bits per heavy atom. The first-order valence-corrected chi connectivity index (χ1v) is 8.08. The van der Waals surface area contributed by atoms with E-state index in [1.165, 1.54) is 11.1 Å². The van der Waals surface area contributed by atoms with Crippen LogP contribution in [0.5, 0.6) is 0 Å². The molecule has 0 radical (unpaired) electrons. The first-order chi connectivity index (χ1) is 10.1. The minimum atomic E-state index is -0.380. The lowest BCUT2D eigenvalue weighted by atomic mass is 9.79. The average Bonchev–Trinajstić information content (AvgIpc) is 2.51. The summed E-state index contributed by atoms with van der Waals surface area (Å²) < 4.78 is 0. The first-order valence-electron chi connectivity index (χ1n) is 7.33. The van der Waals surface area contributed by atoms with Gasteiger partial charge in [0, 0.05) is 6.42 Å². The summed E-state index contributed by atoms with van der Waals surface area (Å²) in [5.41, 5.74) is 3.71. The van der Waals surface area contributed by atoms with Gasteiger partial charge in [-0.3, -0.25) is 0 Å². The van der Waals surface area contributed by atoms with E-state index in [0.717, 1.165) is 24.8 Å². The van der Waals surface area contributed by atoms with Gasteiger partial charge in [-0.25, -0.2) is 0 Å². The van der Waals surface area contributed by atoms with E-state index in [-0.39, 0.29) is 12.0 Å². The van der Waals surface area contributed by atoms with Crippen LogP contribution in [0, 0.1) is 5.92 Å². The molecule has 0 spiro atoms. The number of halogens is 2. The second-order valence-electron chi connectivity index (χ2n) is 5.76. The van der Waals surface area contributed by atoms with Crippen molar-refractivity contribution in [1.82, 2.24) is 0 Å². The molecular formula is C18H18Cl2O. The van der Waals surface area contributed by atoms with E-state index in [1.54, 1.807) is 6.07 Å². The first kappa shape index (κ1) is 14.9. The van der Waals surface area contributed by atoms with Gasteiger partial charge in [0.1, 0.15) is 0 Å². The third kappa shape index (κ3) is 3.26. The highest BCUT2D eigenvalue weighted by Crippen LogP contribution is 2.31. The molecule has 2 atom stereocenters. The molecule has 0 amide bonds. The maximum atomic E-state index is 10.6. The van der Waals surface area contributed by atoms with Crippen LogP contribution in [0.3, 0.4) is 0 Å². The van der Waals surface area contributed by atoms with Gasteiger partial charge >= 0.3 is 0 Å². The Balaban J connectivity index is 1.72. The molecule has 110 valence electrons. The van der Waals surface area contributed by atoms with Crippen LogP contribution in [0.15, 0.2) is 42.5 Å². The summed E-state index contributed by atoms with van der Waals surface area (Å²) in [6.45, 7) is 0. The summed E-state index contributed by atoms with van der Waals surface area (Å²) in [4.78, 5) is 0. The Morgan fingerprint density at radius 2 is 1.81 bits per heavy atom. The van der Waals surface area contributed by atoms with Crippen molar-refractivity contribution in [2.75, 3.05) is 0 Å². The summed E-state index contributed by atoms with van der Waals surface area (Å²) in [5, 5.41) is 11.7. The average molecular weight is 321 g/mol. The molecule has 0 heterocycles. The molecule has 0 aromatic heterocycles. The van der Waals surface area contributed by atoms with E-state index in [1.807, 2.05) is 12.1 Å². The highest BCUT2D eigenvalue weighted by molar-refractivity contribution is 6.42. The lowest BCUT2D eigenvalue weighted by Gasteiger charge is -2.28. The molecule has 1 aliphatic rings. The molecule has 0 fully saturated rings. The van der Waals surface area contributed by atoms with Gasteiger partial charge in [-0.15, -0.1) is 0 Å². The van der Waals surface area contributed by atoms with E-state index in [4.69, 9.17) is 23.2 Å². The summed E-state index contributed by atoms with van der Waals surface area (Å²) in [6.07, 6.45) is 3.19. The number of rotatable bonds is 3. The Morgan fingerprint density at radius 3 is 2.62 bits per heavy atom. The normalized spacial score (nSPS) is 19.1. The fourth-order valence-corrected chi connectivity index (χ4v) is 3.55. The van der Waals surface area contributed by atoms with E-state index in [2.05, 4.69) is 24.3 Å². The number of hydrogen-bond acceptors (Lipinski definition) is 1. The fraction of sp³-hybridized carbons (Fsp3) is 0.333. The predicted octanol–water partition coefficient (Wildman–Crippen LogP) is 4.70. The van der Waals surface area contributed by atoms with Gasteiger partial charge in [0.15, 0.2) is 0 Å². The Bertz CT molecular complexity index is 639. The third-order valence-electron chi connectivity index (χ3n) is 4.39. The highest BCUT2D eigenvalue weighted by Gasteiger charge is 2.25. The van der Waals surface area contributed by atoms with Crippen LogP contribution >= 0.6 is 23.2 Å². The van der Waals surface area contributed by atoms with Crippen molar-refractivity contribution < 1.29 is 5.11 Å². The van der Waals surface area contributed by atoms with Crippen LogP contribution in [0.25, 0.3) is 0 Å². The standard InChI is InChI=1S/C18H18Cl2O/c19-16-7-3-6-15(18(16)20)11-17(21)14-9-8-12-4-1-2-5-13(12)10-14/h1-7,14,17,21H,8-11H2. The molecule has 1 nitrogen and oxygen atoms in total. The molecule has 0 saturated carbocycles. The summed E-state index contributed by atoms with van der Waals surface area (Å²) >= 11 is 12.3. The minimum absolute atomic E-state index is 0.287. The predicted molar refractivity (Wildman–Crippen MR) is 88.1 cm³/mol. The number of aryl methyl sites for hydroxylation is 1. The van der Waals surface area contributed by atoms with Crippen LogP contribution in [0.1, 0.15) is 23.1 Å². The molecule has 1 aliphatic carbocycles. The quantitative estimate of drug-likeness (QED) is 0.868. The van der Waals surface area contributed by atoms with Gasteiger partial charge in [-0.2, -0.15) is 0 Å². The Labute approximate surface area is 135 Å². The zero-order valence-electron chi connectivity index (χ0n) is 11.7. The lowest BCUT2D eigenvalue weighted by molar-refractivity contribution is 0.0993. The number of hydrogen-bond donors (Lipinski definition) is 1. The maximum absolute atomic E-state index is 10.6. The van der Waals surface area contributed by atoms with E-state index < -0.39 is 0 Å². The molecule has 2 aromatic rings. The fourth-order valence-electron chi connectivity index (χ4n) is 3.15. The molecule has 2 aromatic carbocycles. The van der Waals surface area contributed by atoms with Crippen molar-refractivity contribution in [3.8, 4) is 0 Å². The molecule has 0 bridgehead atoms. The van der Waals surface area contributed by atoms with Crippen molar-refractivity contribution in [3.05, 3.63) is 69.2 Å². The zero-order valence-corrected chi connectivity index (χ0v) is 13.2. The number of aliphatic hydroxyl groups is 1. The third-order valence-corrected chi connectivity index (χ3v) is 5.25. The molecule has 2 unspecified atom stereocenters. The molecule has 21 heavy (non-hydrogen) atoms. The molecule has 3 heteroatoms. The molecule has 1 N–H and O–H groups in total. The van der Waals surface area contributed by atoms with E-state index in [0.29, 0.717) is 16.5 Å². The van der Waals surface area contributed by atoms with Crippen molar-refractivity contribution in [2.24, 2.45) is 5.92 Å². The van der Waals surface area contributed by atoms with Gasteiger partial charge in [0.25, 0.3) is 0 Å². The molecule has 0 saturated heterocycles. The number of fused-ring (bicyclic) bond motifs is 1. The minimum Gasteiger partial charge on any atom is -0.392 e. The highest BCUT2D eigenvalue weighted by atomic mass is 35.5. The summed E-state index contributed by atoms with van der Waals surface area (Å²) in [7, 11) is 0. The van der Waals surface area contributed by atoms with Crippen molar-refractivity contribution in [1.29, 1.82) is 0 Å². The Kier molecular flexibility index (Phi) is 4.54. The van der Waals surface area contributed by atoms with Crippen molar-refractivity contribution in [3.63, 3.8) is 0 Å². The smallest absolute Gasteiger partial charge is 0.0625 e. The largest absolute Gasteiger partial charge is 0.392 e. The van der Waals surface area contributed by atoms with Crippen LogP contribution < -0.4 is 0 Å². The van der Waals surface area contributed by atoms with Crippen LogP contribution in [-0.4, -0.2) is 11.2 Å². The van der Waals surface area contributed by atoms with E-state index >= 15 is 0 Å². The number of aliphatic hydroxyl groups excluding tert-OH is 1. The van der Waals surface area contributed by atoms with Crippen LogP contribution in [0.2, 0.25) is 10.0 Å².